The average molecular weight is 422 g/mol. The van der Waals surface area contributed by atoms with E-state index in [1.165, 1.54) is 12.8 Å². The molecule has 120 valence electrons. The SMILES string of the molecule is O=C(c1ccc(I)cc1)N1CCC(c2nc(C3CC3)n[nH]2)CC1. The van der Waals surface area contributed by atoms with Gasteiger partial charge in [0, 0.05) is 34.1 Å². The fraction of sp³-hybridized carbons (Fsp3) is 0.471. The maximum Gasteiger partial charge on any atom is 0.253 e. The van der Waals surface area contributed by atoms with Gasteiger partial charge >= 0.3 is 0 Å². The highest BCUT2D eigenvalue weighted by molar-refractivity contribution is 14.1. The largest absolute Gasteiger partial charge is 0.339 e. The number of nitrogens with zero attached hydrogens (tertiary/aromatic N) is 3. The number of halogens is 1. The minimum Gasteiger partial charge on any atom is -0.339 e. The summed E-state index contributed by atoms with van der Waals surface area (Å²) in [5.41, 5.74) is 0.777. The number of aromatic nitrogens is 3. The Bertz CT molecular complexity index is 700. The third kappa shape index (κ3) is 3.27. The van der Waals surface area contributed by atoms with Gasteiger partial charge in [0.05, 0.1) is 0 Å². The number of hydrogen-bond donors (Lipinski definition) is 1. The average Bonchev–Trinajstić information content (AvgIpc) is 3.32. The monoisotopic (exact) mass is 422 g/mol. The lowest BCUT2D eigenvalue weighted by molar-refractivity contribution is 0.0711. The minimum absolute atomic E-state index is 0.135. The molecule has 1 amide bonds. The number of carbonyl (C=O) groups excluding carboxylic acids is 1. The lowest BCUT2D eigenvalue weighted by atomic mass is 9.95. The van der Waals surface area contributed by atoms with Gasteiger partial charge in [0.2, 0.25) is 0 Å². The van der Waals surface area contributed by atoms with Gasteiger partial charge in [0.15, 0.2) is 5.82 Å². The van der Waals surface area contributed by atoms with E-state index in [0.29, 0.717) is 11.8 Å². The van der Waals surface area contributed by atoms with Crippen molar-refractivity contribution in [2.75, 3.05) is 13.1 Å². The quantitative estimate of drug-likeness (QED) is 0.773. The Balaban J connectivity index is 1.38. The van der Waals surface area contributed by atoms with Gasteiger partial charge in [-0.1, -0.05) is 0 Å². The van der Waals surface area contributed by atoms with Crippen LogP contribution in [0.15, 0.2) is 24.3 Å². The predicted molar refractivity (Wildman–Crippen MR) is 95.4 cm³/mol. The molecule has 6 heteroatoms. The van der Waals surface area contributed by atoms with Crippen molar-refractivity contribution in [2.45, 2.75) is 37.5 Å². The molecule has 2 aromatic rings. The van der Waals surface area contributed by atoms with Crippen LogP contribution in [0.3, 0.4) is 0 Å². The van der Waals surface area contributed by atoms with Crippen molar-refractivity contribution in [3.8, 4) is 0 Å². The molecule has 2 fully saturated rings. The van der Waals surface area contributed by atoms with Gasteiger partial charge in [-0.2, -0.15) is 5.10 Å². The first-order valence-electron chi connectivity index (χ1n) is 8.18. The number of piperidine rings is 1. The third-order valence-corrected chi connectivity index (χ3v) is 5.44. The molecule has 1 saturated carbocycles. The molecule has 1 aliphatic heterocycles. The highest BCUT2D eigenvalue weighted by Crippen LogP contribution is 2.38. The Morgan fingerprint density at radius 2 is 1.78 bits per heavy atom. The maximum atomic E-state index is 12.5. The van der Waals surface area contributed by atoms with Crippen LogP contribution in [0.5, 0.6) is 0 Å². The van der Waals surface area contributed by atoms with Crippen molar-refractivity contribution < 1.29 is 4.79 Å². The van der Waals surface area contributed by atoms with Crippen LogP contribution >= 0.6 is 22.6 Å². The molecule has 1 aromatic carbocycles. The van der Waals surface area contributed by atoms with Gasteiger partial charge in [-0.3, -0.25) is 9.89 Å². The number of nitrogens with one attached hydrogen (secondary N) is 1. The fourth-order valence-electron chi connectivity index (χ4n) is 3.13. The first-order chi connectivity index (χ1) is 11.2. The van der Waals surface area contributed by atoms with Crippen LogP contribution in [0, 0.1) is 3.57 Å². The smallest absolute Gasteiger partial charge is 0.253 e. The molecule has 0 spiro atoms. The van der Waals surface area contributed by atoms with E-state index in [4.69, 9.17) is 0 Å². The van der Waals surface area contributed by atoms with E-state index in [1.807, 2.05) is 29.2 Å². The van der Waals surface area contributed by atoms with Gasteiger partial charge in [-0.05, 0) is 72.5 Å². The zero-order valence-electron chi connectivity index (χ0n) is 12.8. The molecule has 0 atom stereocenters. The molecule has 0 unspecified atom stereocenters. The van der Waals surface area contributed by atoms with Crippen molar-refractivity contribution in [1.29, 1.82) is 0 Å². The lowest BCUT2D eigenvalue weighted by Gasteiger charge is -2.31. The van der Waals surface area contributed by atoms with Gasteiger partial charge < -0.3 is 4.90 Å². The molecule has 23 heavy (non-hydrogen) atoms. The number of hydrogen-bond acceptors (Lipinski definition) is 3. The van der Waals surface area contributed by atoms with Gasteiger partial charge in [0.25, 0.3) is 5.91 Å². The molecule has 4 rings (SSSR count). The fourth-order valence-corrected chi connectivity index (χ4v) is 3.49. The number of likely N-dealkylation sites (tertiary alicyclic amines) is 1. The van der Waals surface area contributed by atoms with Crippen molar-refractivity contribution in [2.24, 2.45) is 0 Å². The number of H-pyrrole nitrogens is 1. The highest BCUT2D eigenvalue weighted by Gasteiger charge is 2.30. The normalized spacial score (nSPS) is 19.1. The number of aromatic amines is 1. The van der Waals surface area contributed by atoms with E-state index in [0.717, 1.165) is 46.7 Å². The lowest BCUT2D eigenvalue weighted by Crippen LogP contribution is -2.38. The summed E-state index contributed by atoms with van der Waals surface area (Å²) >= 11 is 2.25. The second-order valence-corrected chi connectivity index (χ2v) is 7.67. The number of rotatable bonds is 3. The minimum atomic E-state index is 0.135. The summed E-state index contributed by atoms with van der Waals surface area (Å²) in [6.07, 6.45) is 4.35. The third-order valence-electron chi connectivity index (χ3n) is 4.72. The second-order valence-electron chi connectivity index (χ2n) is 6.43. The van der Waals surface area contributed by atoms with E-state index >= 15 is 0 Å². The first-order valence-corrected chi connectivity index (χ1v) is 9.25. The molecular formula is C17H19IN4O. The Morgan fingerprint density at radius 1 is 1.09 bits per heavy atom. The first kappa shape index (κ1) is 15.1. The summed E-state index contributed by atoms with van der Waals surface area (Å²) in [5.74, 6) is 3.11. The van der Waals surface area contributed by atoms with Crippen molar-refractivity contribution >= 4 is 28.5 Å². The molecule has 5 nitrogen and oxygen atoms in total. The molecule has 2 heterocycles. The van der Waals surface area contributed by atoms with Gasteiger partial charge in [0.1, 0.15) is 5.82 Å². The molecule has 0 radical (unpaired) electrons. The topological polar surface area (TPSA) is 61.9 Å². The number of carbonyl (C=O) groups is 1. The summed E-state index contributed by atoms with van der Waals surface area (Å²) in [5, 5.41) is 7.46. The molecule has 1 saturated heterocycles. The van der Waals surface area contributed by atoms with Crippen LogP contribution in [0.2, 0.25) is 0 Å². The van der Waals surface area contributed by atoms with Crippen LogP contribution < -0.4 is 0 Å². The summed E-state index contributed by atoms with van der Waals surface area (Å²) in [4.78, 5) is 19.2. The van der Waals surface area contributed by atoms with Gasteiger partial charge in [-0.25, -0.2) is 4.98 Å². The Morgan fingerprint density at radius 3 is 2.43 bits per heavy atom. The Hall–Kier alpha value is -1.44. The summed E-state index contributed by atoms with van der Waals surface area (Å²) in [6, 6.07) is 7.78. The molecule has 2 aliphatic rings. The van der Waals surface area contributed by atoms with E-state index in [-0.39, 0.29) is 5.91 Å². The zero-order valence-corrected chi connectivity index (χ0v) is 15.0. The number of amides is 1. The Kier molecular flexibility index (Phi) is 4.09. The van der Waals surface area contributed by atoms with Crippen LogP contribution in [-0.4, -0.2) is 39.1 Å². The standard InChI is InChI=1S/C17H19IN4O/c18-14-5-3-13(4-6-14)17(23)22-9-7-12(8-10-22)16-19-15(20-21-16)11-1-2-11/h3-6,11-12H,1-2,7-10H2,(H,19,20,21). The molecule has 1 N–H and O–H groups in total. The van der Waals surface area contributed by atoms with Crippen molar-refractivity contribution in [3.05, 3.63) is 45.0 Å². The Labute approximate surface area is 149 Å². The van der Waals surface area contributed by atoms with E-state index < -0.39 is 0 Å². The van der Waals surface area contributed by atoms with Gasteiger partial charge in [-0.15, -0.1) is 0 Å². The van der Waals surface area contributed by atoms with Crippen LogP contribution in [0.25, 0.3) is 0 Å². The number of benzene rings is 1. The van der Waals surface area contributed by atoms with Crippen LogP contribution in [0.1, 0.15) is 59.5 Å². The van der Waals surface area contributed by atoms with E-state index in [9.17, 15) is 4.79 Å². The van der Waals surface area contributed by atoms with E-state index in [1.54, 1.807) is 0 Å². The maximum absolute atomic E-state index is 12.5. The second kappa shape index (κ2) is 6.22. The predicted octanol–water partition coefficient (Wildman–Crippen LogP) is 3.31. The van der Waals surface area contributed by atoms with E-state index in [2.05, 4.69) is 37.8 Å². The summed E-state index contributed by atoms with van der Waals surface area (Å²) in [6.45, 7) is 1.57. The van der Waals surface area contributed by atoms with Crippen molar-refractivity contribution in [1.82, 2.24) is 20.1 Å². The van der Waals surface area contributed by atoms with Crippen molar-refractivity contribution in [3.63, 3.8) is 0 Å². The van der Waals surface area contributed by atoms with Crippen LogP contribution in [0.4, 0.5) is 0 Å². The summed E-state index contributed by atoms with van der Waals surface area (Å²) in [7, 11) is 0. The molecule has 0 bridgehead atoms. The van der Waals surface area contributed by atoms with Crippen LogP contribution in [-0.2, 0) is 0 Å². The molecular weight excluding hydrogens is 403 g/mol. The summed E-state index contributed by atoms with van der Waals surface area (Å²) < 4.78 is 1.15. The highest BCUT2D eigenvalue weighted by atomic mass is 127. The molecule has 1 aliphatic carbocycles. The molecule has 1 aromatic heterocycles. The zero-order chi connectivity index (χ0) is 15.8.